The second kappa shape index (κ2) is 3.91. The second-order valence-corrected chi connectivity index (χ2v) is 6.15. The predicted octanol–water partition coefficient (Wildman–Crippen LogP) is 3.97. The van der Waals surface area contributed by atoms with Gasteiger partial charge in [-0.3, -0.25) is 4.79 Å². The molecule has 0 aromatic carbocycles. The Morgan fingerprint density at radius 1 is 1.07 bits per heavy atom. The molecule has 3 heteroatoms. The van der Waals surface area contributed by atoms with Crippen LogP contribution in [0.2, 0.25) is 0 Å². The third-order valence-corrected chi connectivity index (χ3v) is 4.36. The molecule has 0 spiro atoms. The lowest BCUT2D eigenvalue weighted by atomic mass is 10.2. The lowest BCUT2D eigenvalue weighted by Gasteiger charge is -1.94. The molecule has 0 aliphatic heterocycles. The molecule has 0 radical (unpaired) electrons. The minimum Gasteiger partial charge on any atom is -0.287 e. The average Bonchev–Trinajstić information content (AvgIpc) is 2.71. The van der Waals surface area contributed by atoms with E-state index in [1.165, 1.54) is 9.75 Å². The maximum atomic E-state index is 12.1. The number of hydrogen-bond donors (Lipinski definition) is 0. The molecule has 2 aromatic rings. The van der Waals surface area contributed by atoms with Gasteiger partial charge >= 0.3 is 0 Å². The minimum absolute atomic E-state index is 0.170. The predicted molar refractivity (Wildman–Crippen MR) is 66.3 cm³/mol. The van der Waals surface area contributed by atoms with E-state index in [1.807, 2.05) is 32.9 Å². The number of hydrogen-bond acceptors (Lipinski definition) is 3. The molecule has 0 atom stereocenters. The molecule has 0 saturated heterocycles. The molecule has 2 aromatic heterocycles. The van der Waals surface area contributed by atoms with Gasteiger partial charge in [0.15, 0.2) is 0 Å². The molecule has 2 rings (SSSR count). The van der Waals surface area contributed by atoms with E-state index in [2.05, 4.69) is 6.07 Å². The fourth-order valence-electron chi connectivity index (χ4n) is 1.54. The molecular weight excluding hydrogens is 224 g/mol. The van der Waals surface area contributed by atoms with E-state index < -0.39 is 0 Å². The van der Waals surface area contributed by atoms with Crippen LogP contribution in [0.4, 0.5) is 0 Å². The Kier molecular flexibility index (Phi) is 2.76. The van der Waals surface area contributed by atoms with Crippen LogP contribution >= 0.6 is 22.7 Å². The van der Waals surface area contributed by atoms with Gasteiger partial charge in [0.2, 0.25) is 5.78 Å². The molecule has 0 aliphatic carbocycles. The van der Waals surface area contributed by atoms with Crippen molar-refractivity contribution in [3.8, 4) is 0 Å². The third kappa shape index (κ3) is 2.03. The van der Waals surface area contributed by atoms with Crippen molar-refractivity contribution in [2.24, 2.45) is 0 Å². The second-order valence-electron chi connectivity index (χ2n) is 3.61. The zero-order valence-electron chi connectivity index (χ0n) is 8.96. The van der Waals surface area contributed by atoms with Gasteiger partial charge in [-0.1, -0.05) is 0 Å². The van der Waals surface area contributed by atoms with Gasteiger partial charge in [0.05, 0.1) is 9.75 Å². The van der Waals surface area contributed by atoms with E-state index in [1.54, 1.807) is 22.7 Å². The topological polar surface area (TPSA) is 17.1 Å². The van der Waals surface area contributed by atoms with Crippen LogP contribution in [0.25, 0.3) is 0 Å². The van der Waals surface area contributed by atoms with Crippen molar-refractivity contribution in [3.05, 3.63) is 43.3 Å². The van der Waals surface area contributed by atoms with Gasteiger partial charge in [-0.2, -0.15) is 0 Å². The Balaban J connectivity index is 2.40. The van der Waals surface area contributed by atoms with E-state index in [4.69, 9.17) is 0 Å². The molecule has 78 valence electrons. The first-order valence-corrected chi connectivity index (χ1v) is 6.39. The van der Waals surface area contributed by atoms with Crippen molar-refractivity contribution in [2.75, 3.05) is 0 Å². The van der Waals surface area contributed by atoms with Crippen molar-refractivity contribution in [2.45, 2.75) is 20.8 Å². The van der Waals surface area contributed by atoms with E-state index in [9.17, 15) is 4.79 Å². The number of aryl methyl sites for hydroxylation is 3. The Labute approximate surface area is 97.4 Å². The molecule has 1 nitrogen and oxygen atoms in total. The van der Waals surface area contributed by atoms with Gasteiger partial charge in [0, 0.05) is 9.75 Å². The molecule has 2 heterocycles. The van der Waals surface area contributed by atoms with Gasteiger partial charge in [-0.05, 0) is 44.5 Å². The summed E-state index contributed by atoms with van der Waals surface area (Å²) in [6.45, 7) is 6.05. The number of carbonyl (C=O) groups is 1. The molecule has 0 N–H and O–H groups in total. The number of rotatable bonds is 2. The lowest BCUT2D eigenvalue weighted by molar-refractivity contribution is 0.104. The highest BCUT2D eigenvalue weighted by atomic mass is 32.1. The molecular formula is C12H12OS2. The zero-order chi connectivity index (χ0) is 11.0. The van der Waals surface area contributed by atoms with Crippen LogP contribution in [0, 0.1) is 20.8 Å². The summed E-state index contributed by atoms with van der Waals surface area (Å²) in [5.74, 6) is 0.170. The highest BCUT2D eigenvalue weighted by Crippen LogP contribution is 2.26. The average molecular weight is 236 g/mol. The van der Waals surface area contributed by atoms with Crippen LogP contribution in [0.5, 0.6) is 0 Å². The number of thiophene rings is 2. The van der Waals surface area contributed by atoms with Gasteiger partial charge in [-0.15, -0.1) is 22.7 Å². The zero-order valence-corrected chi connectivity index (χ0v) is 10.6. The summed E-state index contributed by atoms with van der Waals surface area (Å²) in [5.41, 5.74) is 1.09. The van der Waals surface area contributed by atoms with Crippen molar-refractivity contribution < 1.29 is 4.79 Å². The summed E-state index contributed by atoms with van der Waals surface area (Å²) < 4.78 is 0. The van der Waals surface area contributed by atoms with Crippen LogP contribution in [-0.4, -0.2) is 5.78 Å². The summed E-state index contributed by atoms with van der Waals surface area (Å²) >= 11 is 3.15. The largest absolute Gasteiger partial charge is 0.287 e. The normalized spacial score (nSPS) is 10.6. The fourth-order valence-corrected chi connectivity index (χ4v) is 3.39. The Bertz CT molecular complexity index is 505. The summed E-state index contributed by atoms with van der Waals surface area (Å²) in [5, 5.41) is 0. The van der Waals surface area contributed by atoms with Crippen molar-refractivity contribution in [1.29, 1.82) is 0 Å². The maximum absolute atomic E-state index is 12.1. The first-order chi connectivity index (χ1) is 7.08. The van der Waals surface area contributed by atoms with Gasteiger partial charge in [0.1, 0.15) is 0 Å². The van der Waals surface area contributed by atoms with E-state index in [0.717, 1.165) is 15.3 Å². The summed E-state index contributed by atoms with van der Waals surface area (Å²) in [6.07, 6.45) is 0. The smallest absolute Gasteiger partial charge is 0.213 e. The quantitative estimate of drug-likeness (QED) is 0.721. The third-order valence-electron chi connectivity index (χ3n) is 2.21. The fraction of sp³-hybridized carbons (Fsp3) is 0.250. The van der Waals surface area contributed by atoms with Crippen LogP contribution in [0.1, 0.15) is 29.9 Å². The first-order valence-electron chi connectivity index (χ1n) is 4.76. The summed E-state index contributed by atoms with van der Waals surface area (Å²) in [4.78, 5) is 16.2. The van der Waals surface area contributed by atoms with Crippen molar-refractivity contribution in [1.82, 2.24) is 0 Å². The molecule has 0 unspecified atom stereocenters. The minimum atomic E-state index is 0.170. The Morgan fingerprint density at radius 3 is 2.27 bits per heavy atom. The van der Waals surface area contributed by atoms with Crippen molar-refractivity contribution in [3.63, 3.8) is 0 Å². The van der Waals surface area contributed by atoms with E-state index in [0.29, 0.717) is 0 Å². The number of carbonyl (C=O) groups excluding carboxylic acids is 1. The van der Waals surface area contributed by atoms with Crippen LogP contribution < -0.4 is 0 Å². The molecule has 0 saturated carbocycles. The lowest BCUT2D eigenvalue weighted by Crippen LogP contribution is -1.96. The maximum Gasteiger partial charge on any atom is 0.213 e. The monoisotopic (exact) mass is 236 g/mol. The first kappa shape index (κ1) is 10.6. The number of ketones is 1. The van der Waals surface area contributed by atoms with Crippen LogP contribution in [0.3, 0.4) is 0 Å². The van der Waals surface area contributed by atoms with Crippen LogP contribution in [0.15, 0.2) is 18.2 Å². The summed E-state index contributed by atoms with van der Waals surface area (Å²) in [6, 6.07) is 5.98. The molecule has 0 bridgehead atoms. The Hall–Kier alpha value is -0.930. The summed E-state index contributed by atoms with van der Waals surface area (Å²) in [7, 11) is 0. The molecule has 15 heavy (non-hydrogen) atoms. The van der Waals surface area contributed by atoms with E-state index in [-0.39, 0.29) is 5.78 Å². The van der Waals surface area contributed by atoms with Gasteiger partial charge < -0.3 is 0 Å². The van der Waals surface area contributed by atoms with Crippen molar-refractivity contribution >= 4 is 28.5 Å². The molecule has 0 amide bonds. The highest BCUT2D eigenvalue weighted by molar-refractivity contribution is 7.17. The SMILES string of the molecule is Cc1ccc(C(=O)c2sc(C)cc2C)s1. The molecule has 0 aliphatic rings. The highest BCUT2D eigenvalue weighted by Gasteiger charge is 2.15. The Morgan fingerprint density at radius 2 is 1.80 bits per heavy atom. The van der Waals surface area contributed by atoms with Gasteiger partial charge in [0.25, 0.3) is 0 Å². The van der Waals surface area contributed by atoms with E-state index >= 15 is 0 Å². The van der Waals surface area contributed by atoms with Crippen LogP contribution in [-0.2, 0) is 0 Å². The molecule has 0 fully saturated rings. The standard InChI is InChI=1S/C12H12OS2/c1-7-6-9(3)15-12(7)11(13)10-5-4-8(2)14-10/h4-6H,1-3H3. The van der Waals surface area contributed by atoms with Gasteiger partial charge in [-0.25, -0.2) is 0 Å².